The van der Waals surface area contributed by atoms with Crippen LogP contribution < -0.4 is 0 Å². The highest BCUT2D eigenvalue weighted by molar-refractivity contribution is 9.10. The van der Waals surface area contributed by atoms with Gasteiger partial charge in [0.05, 0.1) is 12.1 Å². The normalized spacial score (nSPS) is 14.6. The van der Waals surface area contributed by atoms with E-state index < -0.39 is 0 Å². The average Bonchev–Trinajstić information content (AvgIpc) is 3.19. The van der Waals surface area contributed by atoms with Gasteiger partial charge in [0.1, 0.15) is 5.82 Å². The summed E-state index contributed by atoms with van der Waals surface area (Å²) in [4.78, 5) is 15.6. The number of carbonyl (C=O) groups is 1. The Bertz CT molecular complexity index is 1010. The van der Waals surface area contributed by atoms with Crippen molar-refractivity contribution in [3.63, 3.8) is 0 Å². The van der Waals surface area contributed by atoms with Crippen molar-refractivity contribution >= 4 is 21.8 Å². The molecule has 1 heterocycles. The summed E-state index contributed by atoms with van der Waals surface area (Å²) in [7, 11) is 0. The van der Waals surface area contributed by atoms with Crippen LogP contribution in [0.4, 0.5) is 4.39 Å². The minimum absolute atomic E-state index is 0.0629. The molecule has 0 aliphatic heterocycles. The minimum Gasteiger partial charge on any atom is -0.345 e. The molecule has 0 atom stereocenters. The van der Waals surface area contributed by atoms with Gasteiger partial charge in [0.25, 0.3) is 5.91 Å². The van der Waals surface area contributed by atoms with Gasteiger partial charge in [-0.05, 0) is 70.7 Å². The molecule has 1 aliphatic carbocycles. The lowest BCUT2D eigenvalue weighted by Crippen LogP contribution is -2.41. The van der Waals surface area contributed by atoms with Crippen molar-refractivity contribution in [2.24, 2.45) is 0 Å². The fraction of sp³-hybridized carbons (Fsp3) is 0.320. The van der Waals surface area contributed by atoms with Crippen molar-refractivity contribution in [1.82, 2.24) is 9.47 Å². The van der Waals surface area contributed by atoms with Crippen LogP contribution in [0, 0.1) is 5.82 Å². The highest BCUT2D eigenvalue weighted by atomic mass is 79.9. The van der Waals surface area contributed by atoms with Gasteiger partial charge in [-0.15, -0.1) is 0 Å². The van der Waals surface area contributed by atoms with Crippen LogP contribution in [-0.4, -0.2) is 21.4 Å². The minimum atomic E-state index is -0.228. The monoisotopic (exact) mass is 468 g/mol. The molecule has 3 aromatic rings. The van der Waals surface area contributed by atoms with Crippen molar-refractivity contribution in [2.45, 2.75) is 51.2 Å². The first-order valence-corrected chi connectivity index (χ1v) is 11.3. The smallest absolute Gasteiger partial charge is 0.255 e. The van der Waals surface area contributed by atoms with Gasteiger partial charge in [0.15, 0.2) is 0 Å². The van der Waals surface area contributed by atoms with Gasteiger partial charge in [0, 0.05) is 29.0 Å². The van der Waals surface area contributed by atoms with Crippen LogP contribution in [0.5, 0.6) is 0 Å². The molecule has 0 radical (unpaired) electrons. The number of aromatic nitrogens is 1. The number of amides is 1. The van der Waals surface area contributed by atoms with E-state index in [1.165, 1.54) is 12.5 Å². The van der Waals surface area contributed by atoms with Crippen LogP contribution in [0.15, 0.2) is 71.3 Å². The molecular formula is C25H26BrFN2O. The summed E-state index contributed by atoms with van der Waals surface area (Å²) in [5, 5.41) is 0. The van der Waals surface area contributed by atoms with E-state index in [0.717, 1.165) is 41.4 Å². The topological polar surface area (TPSA) is 25.2 Å². The second-order valence-electron chi connectivity index (χ2n) is 7.96. The summed E-state index contributed by atoms with van der Waals surface area (Å²) in [5.74, 6) is -0.165. The fourth-order valence-electron chi connectivity index (χ4n) is 4.30. The summed E-state index contributed by atoms with van der Waals surface area (Å²) in [6, 6.07) is 18.6. The molecule has 30 heavy (non-hydrogen) atoms. The third-order valence-corrected chi connectivity index (χ3v) is 6.57. The van der Waals surface area contributed by atoms with E-state index in [4.69, 9.17) is 0 Å². The number of nitrogens with zero attached hydrogens (tertiary/aromatic N) is 2. The summed E-state index contributed by atoms with van der Waals surface area (Å²) in [5.41, 5.74) is 2.67. The van der Waals surface area contributed by atoms with Crippen molar-refractivity contribution < 1.29 is 9.18 Å². The highest BCUT2D eigenvalue weighted by Gasteiger charge is 2.28. The number of rotatable bonds is 6. The Balaban J connectivity index is 1.60. The van der Waals surface area contributed by atoms with Crippen LogP contribution in [0.25, 0.3) is 0 Å². The highest BCUT2D eigenvalue weighted by Crippen LogP contribution is 2.28. The molecule has 5 heteroatoms. The lowest BCUT2D eigenvalue weighted by atomic mass is 9.93. The Morgan fingerprint density at radius 1 is 1.03 bits per heavy atom. The Morgan fingerprint density at radius 3 is 2.60 bits per heavy atom. The van der Waals surface area contributed by atoms with E-state index >= 15 is 0 Å². The van der Waals surface area contributed by atoms with Crippen molar-refractivity contribution in [2.75, 3.05) is 0 Å². The van der Waals surface area contributed by atoms with E-state index in [2.05, 4.69) is 26.6 Å². The van der Waals surface area contributed by atoms with Gasteiger partial charge < -0.3 is 9.47 Å². The van der Waals surface area contributed by atoms with E-state index in [-0.39, 0.29) is 17.8 Å². The van der Waals surface area contributed by atoms with Crippen molar-refractivity contribution in [1.29, 1.82) is 0 Å². The van der Waals surface area contributed by atoms with Gasteiger partial charge in [-0.1, -0.05) is 43.5 Å². The fourth-order valence-corrected chi connectivity index (χ4v) is 4.76. The maximum Gasteiger partial charge on any atom is 0.255 e. The number of hydrogen-bond donors (Lipinski definition) is 0. The Hall–Kier alpha value is -2.40. The summed E-state index contributed by atoms with van der Waals surface area (Å²) < 4.78 is 16.5. The summed E-state index contributed by atoms with van der Waals surface area (Å²) in [6.45, 7) is 1.13. The Labute approximate surface area is 185 Å². The molecule has 3 nitrogen and oxygen atoms in total. The Kier molecular flexibility index (Phi) is 6.68. The van der Waals surface area contributed by atoms with Crippen LogP contribution in [0.2, 0.25) is 0 Å². The third kappa shape index (κ3) is 4.84. The second-order valence-corrected chi connectivity index (χ2v) is 8.82. The molecule has 0 N–H and O–H groups in total. The average molecular weight is 469 g/mol. The predicted octanol–water partition coefficient (Wildman–Crippen LogP) is 6.41. The van der Waals surface area contributed by atoms with Crippen LogP contribution in [-0.2, 0) is 13.1 Å². The molecule has 1 saturated carbocycles. The maximum absolute atomic E-state index is 13.6. The molecular weight excluding hydrogens is 443 g/mol. The zero-order valence-electron chi connectivity index (χ0n) is 16.9. The van der Waals surface area contributed by atoms with E-state index in [1.807, 2.05) is 47.5 Å². The van der Waals surface area contributed by atoms with E-state index in [0.29, 0.717) is 18.7 Å². The van der Waals surface area contributed by atoms with Gasteiger partial charge in [0.2, 0.25) is 0 Å². The first kappa shape index (κ1) is 20.9. The molecule has 156 valence electrons. The molecule has 4 rings (SSSR count). The first-order valence-electron chi connectivity index (χ1n) is 10.6. The number of carbonyl (C=O) groups excluding carboxylic acids is 1. The molecule has 0 spiro atoms. The molecule has 1 amide bonds. The quantitative estimate of drug-likeness (QED) is 0.410. The largest absolute Gasteiger partial charge is 0.345 e. The van der Waals surface area contributed by atoms with Gasteiger partial charge >= 0.3 is 0 Å². The van der Waals surface area contributed by atoms with Gasteiger partial charge in [-0.25, -0.2) is 4.39 Å². The molecule has 1 aliphatic rings. The SMILES string of the molecule is O=C(c1ccccc1Br)N(Cc1cccn1Cc1cccc(F)c1)C1CCCCC1. The van der Waals surface area contributed by atoms with Gasteiger partial charge in [-0.2, -0.15) is 0 Å². The van der Waals surface area contributed by atoms with Crippen molar-refractivity contribution in [3.05, 3.63) is 94.0 Å². The van der Waals surface area contributed by atoms with Crippen LogP contribution in [0.3, 0.4) is 0 Å². The lowest BCUT2D eigenvalue weighted by Gasteiger charge is -2.35. The molecule has 0 saturated heterocycles. The standard InChI is InChI=1S/C25H26BrFN2O/c26-24-14-5-4-13-23(24)25(30)29(21-10-2-1-3-11-21)18-22-12-7-15-28(22)17-19-8-6-9-20(27)16-19/h4-9,12-16,21H,1-3,10-11,17-18H2. The predicted molar refractivity (Wildman–Crippen MR) is 121 cm³/mol. The zero-order valence-corrected chi connectivity index (χ0v) is 18.5. The van der Waals surface area contributed by atoms with E-state index in [1.54, 1.807) is 12.1 Å². The van der Waals surface area contributed by atoms with Crippen LogP contribution >= 0.6 is 15.9 Å². The molecule has 0 bridgehead atoms. The summed E-state index contributed by atoms with van der Waals surface area (Å²) >= 11 is 3.54. The van der Waals surface area contributed by atoms with Crippen LogP contribution in [0.1, 0.15) is 53.7 Å². The van der Waals surface area contributed by atoms with E-state index in [9.17, 15) is 9.18 Å². The summed E-state index contributed by atoms with van der Waals surface area (Å²) in [6.07, 6.45) is 7.65. The molecule has 0 unspecified atom stereocenters. The molecule has 1 fully saturated rings. The second kappa shape index (κ2) is 9.61. The lowest BCUT2D eigenvalue weighted by molar-refractivity contribution is 0.0607. The van der Waals surface area contributed by atoms with Crippen molar-refractivity contribution in [3.8, 4) is 0 Å². The molecule has 2 aromatic carbocycles. The number of halogens is 2. The molecule has 1 aromatic heterocycles. The number of hydrogen-bond acceptors (Lipinski definition) is 1. The maximum atomic E-state index is 13.6. The van der Waals surface area contributed by atoms with Gasteiger partial charge in [-0.3, -0.25) is 4.79 Å². The Morgan fingerprint density at radius 2 is 1.83 bits per heavy atom. The third-order valence-electron chi connectivity index (χ3n) is 5.88. The zero-order chi connectivity index (χ0) is 20.9. The number of benzene rings is 2. The first-order chi connectivity index (χ1) is 14.6.